The van der Waals surface area contributed by atoms with Gasteiger partial charge in [-0.2, -0.15) is 0 Å². The summed E-state index contributed by atoms with van der Waals surface area (Å²) < 4.78 is 31.7. The minimum Gasteiger partial charge on any atom is -0.392 e. The normalized spacial score (nSPS) is 11.5. The second-order valence-electron chi connectivity index (χ2n) is 4.11. The molecule has 0 unspecified atom stereocenters. The Kier molecular flexibility index (Phi) is 3.59. The van der Waals surface area contributed by atoms with Gasteiger partial charge in [-0.1, -0.05) is 17.3 Å². The smallest absolute Gasteiger partial charge is 0.267 e. The Morgan fingerprint density at radius 1 is 1.26 bits per heavy atom. The van der Waals surface area contributed by atoms with Gasteiger partial charge in [0.1, 0.15) is 5.69 Å². The zero-order chi connectivity index (χ0) is 14.0. The van der Waals surface area contributed by atoms with Crippen molar-refractivity contribution in [2.75, 3.05) is 4.72 Å². The molecule has 6 nitrogen and oxygen atoms in total. The molecule has 7 heteroatoms. The molecule has 0 amide bonds. The standard InChI is InChI=1S/C12H14N2O4S/c1-8-12(9(2)18-13-8)19(16,17)14-11-5-3-10(7-15)4-6-11/h3-6,14-15H,7H2,1-2H3. The van der Waals surface area contributed by atoms with Crippen LogP contribution < -0.4 is 4.72 Å². The van der Waals surface area contributed by atoms with Crippen molar-refractivity contribution in [2.24, 2.45) is 0 Å². The van der Waals surface area contributed by atoms with Crippen LogP contribution >= 0.6 is 0 Å². The molecule has 19 heavy (non-hydrogen) atoms. The zero-order valence-corrected chi connectivity index (χ0v) is 11.4. The summed E-state index contributed by atoms with van der Waals surface area (Å²) in [6.07, 6.45) is 0. The van der Waals surface area contributed by atoms with E-state index in [1.54, 1.807) is 38.1 Å². The lowest BCUT2D eigenvalue weighted by atomic mass is 10.2. The Morgan fingerprint density at radius 2 is 1.89 bits per heavy atom. The van der Waals surface area contributed by atoms with Gasteiger partial charge < -0.3 is 9.63 Å². The molecular formula is C12H14N2O4S. The predicted octanol–water partition coefficient (Wildman–Crippen LogP) is 1.58. The van der Waals surface area contributed by atoms with E-state index in [2.05, 4.69) is 9.88 Å². The van der Waals surface area contributed by atoms with Gasteiger partial charge in [0.25, 0.3) is 10.0 Å². The van der Waals surface area contributed by atoms with Gasteiger partial charge in [-0.15, -0.1) is 0 Å². The molecule has 1 aromatic heterocycles. The number of anilines is 1. The fraction of sp³-hybridized carbons (Fsp3) is 0.250. The van der Waals surface area contributed by atoms with Gasteiger partial charge in [-0.05, 0) is 31.5 Å². The van der Waals surface area contributed by atoms with Crippen LogP contribution in [0.1, 0.15) is 17.0 Å². The summed E-state index contributed by atoms with van der Waals surface area (Å²) in [6, 6.07) is 6.46. The third kappa shape index (κ3) is 2.77. The summed E-state index contributed by atoms with van der Waals surface area (Å²) in [7, 11) is -3.72. The van der Waals surface area contributed by atoms with Crippen molar-refractivity contribution >= 4 is 15.7 Å². The number of rotatable bonds is 4. The highest BCUT2D eigenvalue weighted by molar-refractivity contribution is 7.92. The lowest BCUT2D eigenvalue weighted by Gasteiger charge is -2.07. The highest BCUT2D eigenvalue weighted by atomic mass is 32.2. The maximum Gasteiger partial charge on any atom is 0.267 e. The molecule has 0 radical (unpaired) electrons. The van der Waals surface area contributed by atoms with Crippen LogP contribution in [0.25, 0.3) is 0 Å². The van der Waals surface area contributed by atoms with E-state index in [1.165, 1.54) is 0 Å². The van der Waals surface area contributed by atoms with Crippen molar-refractivity contribution < 1.29 is 18.0 Å². The van der Waals surface area contributed by atoms with Crippen LogP contribution in [-0.2, 0) is 16.6 Å². The molecule has 102 valence electrons. The molecule has 0 saturated heterocycles. The average molecular weight is 282 g/mol. The third-order valence-electron chi connectivity index (χ3n) is 2.63. The van der Waals surface area contributed by atoms with E-state index in [0.29, 0.717) is 16.9 Å². The fourth-order valence-electron chi connectivity index (χ4n) is 1.74. The van der Waals surface area contributed by atoms with Gasteiger partial charge >= 0.3 is 0 Å². The van der Waals surface area contributed by atoms with Gasteiger partial charge in [0, 0.05) is 5.69 Å². The molecular weight excluding hydrogens is 268 g/mol. The quantitative estimate of drug-likeness (QED) is 0.888. The second kappa shape index (κ2) is 5.02. The van der Waals surface area contributed by atoms with E-state index in [-0.39, 0.29) is 17.3 Å². The highest BCUT2D eigenvalue weighted by Crippen LogP contribution is 2.22. The van der Waals surface area contributed by atoms with Crippen molar-refractivity contribution in [3.8, 4) is 0 Å². The third-order valence-corrected chi connectivity index (χ3v) is 4.25. The second-order valence-corrected chi connectivity index (χ2v) is 5.73. The van der Waals surface area contributed by atoms with E-state index in [1.807, 2.05) is 0 Å². The summed E-state index contributed by atoms with van der Waals surface area (Å²) in [6.45, 7) is 3.03. The summed E-state index contributed by atoms with van der Waals surface area (Å²) in [5.41, 5.74) is 1.44. The number of sulfonamides is 1. The number of nitrogens with zero attached hydrogens (tertiary/aromatic N) is 1. The first kappa shape index (κ1) is 13.6. The first-order chi connectivity index (χ1) is 8.94. The van der Waals surface area contributed by atoms with Crippen molar-refractivity contribution in [2.45, 2.75) is 25.3 Å². The Labute approximate surface area is 111 Å². The molecule has 2 aromatic rings. The largest absolute Gasteiger partial charge is 0.392 e. The van der Waals surface area contributed by atoms with E-state index >= 15 is 0 Å². The summed E-state index contributed by atoms with van der Waals surface area (Å²) in [5.74, 6) is 0.247. The number of aliphatic hydroxyl groups excluding tert-OH is 1. The van der Waals surface area contributed by atoms with Crippen LogP contribution in [0.4, 0.5) is 5.69 Å². The molecule has 0 aliphatic rings. The molecule has 1 aromatic carbocycles. The first-order valence-electron chi connectivity index (χ1n) is 5.59. The summed E-state index contributed by atoms with van der Waals surface area (Å²) in [5, 5.41) is 12.5. The van der Waals surface area contributed by atoms with E-state index < -0.39 is 10.0 Å². The molecule has 1 heterocycles. The van der Waals surface area contributed by atoms with Crippen LogP contribution in [0.15, 0.2) is 33.7 Å². The summed E-state index contributed by atoms with van der Waals surface area (Å²) in [4.78, 5) is 0.0544. The van der Waals surface area contributed by atoms with Crippen LogP contribution in [0.3, 0.4) is 0 Å². The number of aliphatic hydroxyl groups is 1. The van der Waals surface area contributed by atoms with Crippen molar-refractivity contribution in [1.29, 1.82) is 0 Å². The van der Waals surface area contributed by atoms with E-state index in [4.69, 9.17) is 9.63 Å². The Morgan fingerprint density at radius 3 is 2.37 bits per heavy atom. The van der Waals surface area contributed by atoms with Crippen molar-refractivity contribution in [1.82, 2.24) is 5.16 Å². The van der Waals surface area contributed by atoms with Gasteiger partial charge in [-0.3, -0.25) is 4.72 Å². The predicted molar refractivity (Wildman–Crippen MR) is 69.2 cm³/mol. The number of aryl methyl sites for hydroxylation is 2. The first-order valence-corrected chi connectivity index (χ1v) is 7.08. The maximum absolute atomic E-state index is 12.2. The van der Waals surface area contributed by atoms with Gasteiger partial charge in [0.2, 0.25) is 0 Å². The average Bonchev–Trinajstić information content (AvgIpc) is 2.70. The van der Waals surface area contributed by atoms with Gasteiger partial charge in [-0.25, -0.2) is 8.42 Å². The number of hydrogen-bond acceptors (Lipinski definition) is 5. The topological polar surface area (TPSA) is 92.4 Å². The number of nitrogens with one attached hydrogen (secondary N) is 1. The minimum absolute atomic E-state index is 0.0544. The molecule has 0 fully saturated rings. The number of benzene rings is 1. The number of hydrogen-bond donors (Lipinski definition) is 2. The molecule has 0 saturated carbocycles. The number of aromatic nitrogens is 1. The van der Waals surface area contributed by atoms with E-state index in [0.717, 1.165) is 0 Å². The fourth-order valence-corrected chi connectivity index (χ4v) is 3.13. The Bertz CT molecular complexity index is 655. The van der Waals surface area contributed by atoms with Crippen LogP contribution in [-0.4, -0.2) is 18.7 Å². The molecule has 0 bridgehead atoms. The van der Waals surface area contributed by atoms with Crippen LogP contribution in [0, 0.1) is 13.8 Å². The van der Waals surface area contributed by atoms with Crippen molar-refractivity contribution in [3.05, 3.63) is 41.3 Å². The van der Waals surface area contributed by atoms with Crippen LogP contribution in [0.5, 0.6) is 0 Å². The molecule has 0 aliphatic heterocycles. The molecule has 2 rings (SSSR count). The highest BCUT2D eigenvalue weighted by Gasteiger charge is 2.24. The Hall–Kier alpha value is -1.86. The summed E-state index contributed by atoms with van der Waals surface area (Å²) >= 11 is 0. The monoisotopic (exact) mass is 282 g/mol. The maximum atomic E-state index is 12.2. The van der Waals surface area contributed by atoms with Crippen molar-refractivity contribution in [3.63, 3.8) is 0 Å². The molecule has 0 spiro atoms. The minimum atomic E-state index is -3.72. The molecule has 0 atom stereocenters. The molecule has 2 N–H and O–H groups in total. The van der Waals surface area contributed by atoms with Gasteiger partial charge in [0.05, 0.1) is 6.61 Å². The Balaban J connectivity index is 2.31. The lowest BCUT2D eigenvalue weighted by molar-refractivity contribution is 0.282. The van der Waals surface area contributed by atoms with E-state index in [9.17, 15) is 8.42 Å². The lowest BCUT2D eigenvalue weighted by Crippen LogP contribution is -2.14. The SMILES string of the molecule is Cc1noc(C)c1S(=O)(=O)Nc1ccc(CO)cc1. The molecule has 0 aliphatic carbocycles. The van der Waals surface area contributed by atoms with Gasteiger partial charge in [0.15, 0.2) is 10.7 Å². The zero-order valence-electron chi connectivity index (χ0n) is 10.5. The van der Waals surface area contributed by atoms with Crippen LogP contribution in [0.2, 0.25) is 0 Å².